The Hall–Kier alpha value is 0.716. The molecule has 0 fully saturated rings. The van der Waals surface area contributed by atoms with Crippen LogP contribution in [0, 0.1) is 0 Å². The van der Waals surface area contributed by atoms with Gasteiger partial charge in [-0.2, -0.15) is 0 Å². The van der Waals surface area contributed by atoms with E-state index in [2.05, 4.69) is 36.2 Å². The quantitative estimate of drug-likeness (QED) is 0.727. The molecule has 6 heteroatoms. The second-order valence-electron chi connectivity index (χ2n) is 2.24. The Kier molecular flexibility index (Phi) is 7.58. The summed E-state index contributed by atoms with van der Waals surface area (Å²) in [5.41, 5.74) is 0. The van der Waals surface area contributed by atoms with Gasteiger partial charge in [-0.3, -0.25) is 0 Å². The molecule has 0 aromatic heterocycles. The predicted octanol–water partition coefficient (Wildman–Crippen LogP) is 2.75. The van der Waals surface area contributed by atoms with Crippen molar-refractivity contribution in [3.8, 4) is 0 Å². The van der Waals surface area contributed by atoms with Crippen LogP contribution in [0.1, 0.15) is 6.92 Å². The Morgan fingerprint density at radius 1 is 1.33 bits per heavy atom. The fourth-order valence-corrected chi connectivity index (χ4v) is 0.794. The third-order valence-electron chi connectivity index (χ3n) is 1.34. The molecule has 0 aromatic carbocycles. The van der Waals surface area contributed by atoms with Crippen LogP contribution in [0.25, 0.3) is 0 Å². The fourth-order valence-electron chi connectivity index (χ4n) is 0.794. The van der Waals surface area contributed by atoms with E-state index in [1.165, 1.54) is 0 Å². The average molecular weight is 277 g/mol. The van der Waals surface area contributed by atoms with Gasteiger partial charge in [-0.05, 0) is 6.92 Å². The van der Waals surface area contributed by atoms with Crippen molar-refractivity contribution in [1.82, 2.24) is 9.80 Å². The van der Waals surface area contributed by atoms with E-state index < -0.39 is 10.9 Å². The molecule has 0 N–H and O–H groups in total. The molecule has 2 nitrogen and oxygen atoms in total. The molecular formula is C6H12Cl3CoN2. The molecule has 0 atom stereocenters. The standard InChI is InChI=1S/C6H12N2.3ClH.Co/c1-3-8-5-4-7(2)6-8;;;;/h4-5H,3,6H2,1-2H3;3*1H;/q;;;;+3/p-3. The van der Waals surface area contributed by atoms with E-state index in [1.54, 1.807) is 0 Å². The van der Waals surface area contributed by atoms with Gasteiger partial charge in [-0.1, -0.05) is 0 Å². The molecule has 0 bridgehead atoms. The molecule has 0 spiro atoms. The van der Waals surface area contributed by atoms with Crippen molar-refractivity contribution in [1.29, 1.82) is 0 Å². The fraction of sp³-hybridized carbons (Fsp3) is 0.667. The summed E-state index contributed by atoms with van der Waals surface area (Å²) in [6, 6.07) is 0. The van der Waals surface area contributed by atoms with Gasteiger partial charge in [0.15, 0.2) is 0 Å². The Morgan fingerprint density at radius 3 is 2.00 bits per heavy atom. The molecular weight excluding hydrogens is 265 g/mol. The van der Waals surface area contributed by atoms with Gasteiger partial charge in [-0.15, -0.1) is 0 Å². The van der Waals surface area contributed by atoms with Gasteiger partial charge in [-0.25, -0.2) is 0 Å². The predicted molar refractivity (Wildman–Crippen MR) is 51.7 cm³/mol. The van der Waals surface area contributed by atoms with Crippen LogP contribution >= 0.6 is 30.4 Å². The zero-order valence-corrected chi connectivity index (χ0v) is 10.2. The summed E-state index contributed by atoms with van der Waals surface area (Å²) in [4.78, 5) is 4.41. The van der Waals surface area contributed by atoms with E-state index in [0.717, 1.165) is 13.2 Å². The van der Waals surface area contributed by atoms with Crippen molar-refractivity contribution in [2.24, 2.45) is 0 Å². The van der Waals surface area contributed by atoms with Gasteiger partial charge in [0, 0.05) is 26.0 Å². The zero-order valence-electron chi connectivity index (χ0n) is 6.93. The minimum absolute atomic E-state index is 1.05. The Morgan fingerprint density at radius 2 is 1.83 bits per heavy atom. The van der Waals surface area contributed by atoms with E-state index in [0.29, 0.717) is 0 Å². The summed E-state index contributed by atoms with van der Waals surface area (Å²) in [6.07, 6.45) is 4.20. The SMILES string of the molecule is CCN1C=CN(C)C1.[Cl][Co]([Cl])[Cl]. The molecule has 0 saturated carbocycles. The van der Waals surface area contributed by atoms with Gasteiger partial charge in [0.05, 0.1) is 6.67 Å². The van der Waals surface area contributed by atoms with Crippen molar-refractivity contribution in [3.05, 3.63) is 12.4 Å². The second-order valence-corrected chi connectivity index (χ2v) is 7.40. The first-order valence-corrected chi connectivity index (χ1v) is 7.63. The van der Waals surface area contributed by atoms with Crippen molar-refractivity contribution in [2.45, 2.75) is 6.92 Å². The van der Waals surface area contributed by atoms with Crippen molar-refractivity contribution >= 4 is 30.4 Å². The van der Waals surface area contributed by atoms with E-state index in [-0.39, 0.29) is 0 Å². The number of hydrogen-bond acceptors (Lipinski definition) is 2. The monoisotopic (exact) mass is 276 g/mol. The number of rotatable bonds is 1. The van der Waals surface area contributed by atoms with Gasteiger partial charge in [0.1, 0.15) is 0 Å². The maximum atomic E-state index is 4.87. The number of halogens is 3. The molecule has 0 aliphatic carbocycles. The topological polar surface area (TPSA) is 6.48 Å². The first-order chi connectivity index (χ1) is 5.56. The molecule has 0 unspecified atom stereocenters. The van der Waals surface area contributed by atoms with Crippen LogP contribution in [0.3, 0.4) is 0 Å². The van der Waals surface area contributed by atoms with Crippen LogP contribution in [0.15, 0.2) is 12.4 Å². The Bertz CT molecular complexity index is 140. The normalized spacial score (nSPS) is 15.9. The summed E-state index contributed by atoms with van der Waals surface area (Å²) in [5, 5.41) is 0. The van der Waals surface area contributed by atoms with Gasteiger partial charge >= 0.3 is 41.4 Å². The van der Waals surface area contributed by atoms with Crippen molar-refractivity contribution < 1.29 is 10.9 Å². The first kappa shape index (κ1) is 12.7. The maximum absolute atomic E-state index is 4.87. The Labute approximate surface area is 90.6 Å². The van der Waals surface area contributed by atoms with Gasteiger partial charge < -0.3 is 9.80 Å². The molecule has 76 valence electrons. The first-order valence-electron chi connectivity index (χ1n) is 3.33. The average Bonchev–Trinajstić information content (AvgIpc) is 2.34. The minimum atomic E-state index is -1.19. The van der Waals surface area contributed by atoms with E-state index in [9.17, 15) is 0 Å². The third kappa shape index (κ3) is 7.37. The molecule has 12 heavy (non-hydrogen) atoms. The van der Waals surface area contributed by atoms with Crippen LogP contribution in [-0.2, 0) is 10.9 Å². The van der Waals surface area contributed by atoms with Crippen LogP contribution in [0.5, 0.6) is 0 Å². The summed E-state index contributed by atoms with van der Waals surface area (Å²) in [5.74, 6) is 0. The van der Waals surface area contributed by atoms with E-state index in [4.69, 9.17) is 30.4 Å². The number of hydrogen-bond donors (Lipinski definition) is 0. The second kappa shape index (κ2) is 7.15. The molecule has 1 aliphatic rings. The summed E-state index contributed by atoms with van der Waals surface area (Å²) in [7, 11) is 15.5. The molecule has 1 rings (SSSR count). The summed E-state index contributed by atoms with van der Waals surface area (Å²) in [6.45, 7) is 4.32. The van der Waals surface area contributed by atoms with Crippen LogP contribution in [0.4, 0.5) is 0 Å². The summed E-state index contributed by atoms with van der Waals surface area (Å²) < 4.78 is 0. The Balaban J connectivity index is 0.000000261. The van der Waals surface area contributed by atoms with Crippen LogP contribution in [-0.4, -0.2) is 30.1 Å². The van der Waals surface area contributed by atoms with Crippen LogP contribution < -0.4 is 0 Å². The summed E-state index contributed by atoms with van der Waals surface area (Å²) >= 11 is 0. The van der Waals surface area contributed by atoms with Crippen LogP contribution in [0.2, 0.25) is 0 Å². The molecule has 0 radical (unpaired) electrons. The molecule has 0 saturated heterocycles. The van der Waals surface area contributed by atoms with Gasteiger partial charge in [0.25, 0.3) is 0 Å². The number of nitrogens with zero attached hydrogens (tertiary/aromatic N) is 2. The van der Waals surface area contributed by atoms with Crippen molar-refractivity contribution in [2.75, 3.05) is 20.3 Å². The third-order valence-corrected chi connectivity index (χ3v) is 1.34. The molecule has 1 heterocycles. The van der Waals surface area contributed by atoms with Gasteiger partial charge in [0.2, 0.25) is 0 Å². The van der Waals surface area contributed by atoms with Crippen molar-refractivity contribution in [3.63, 3.8) is 0 Å². The van der Waals surface area contributed by atoms with E-state index in [1.807, 2.05) is 0 Å². The molecule has 0 aromatic rings. The zero-order chi connectivity index (χ0) is 9.56. The molecule has 0 amide bonds. The van der Waals surface area contributed by atoms with E-state index >= 15 is 0 Å². The molecule has 1 aliphatic heterocycles.